The molecular formula is C20H21ClN4O5. The quantitative estimate of drug-likeness (QED) is 0.376. The molecule has 0 aromatic heterocycles. The lowest BCUT2D eigenvalue weighted by molar-refractivity contribution is -0.384. The average Bonchev–Trinajstić information content (AvgIpc) is 3.12. The molecule has 0 aliphatic carbocycles. The van der Waals surface area contributed by atoms with Gasteiger partial charge in [0, 0.05) is 37.1 Å². The second-order valence-electron chi connectivity index (χ2n) is 6.71. The highest BCUT2D eigenvalue weighted by molar-refractivity contribution is 6.31. The molecule has 1 atom stereocenters. The Hall–Kier alpha value is -3.33. The van der Waals surface area contributed by atoms with Gasteiger partial charge in [0.1, 0.15) is 11.4 Å². The van der Waals surface area contributed by atoms with Crippen molar-refractivity contribution in [1.29, 1.82) is 0 Å². The Kier molecular flexibility index (Phi) is 6.73. The van der Waals surface area contributed by atoms with Crippen LogP contribution in [0.3, 0.4) is 0 Å². The van der Waals surface area contributed by atoms with Crippen LogP contribution in [0.15, 0.2) is 42.5 Å². The van der Waals surface area contributed by atoms with Gasteiger partial charge in [-0.25, -0.2) is 0 Å². The molecule has 1 aliphatic rings. The normalized spacial score (nSPS) is 15.7. The molecule has 1 heterocycles. The van der Waals surface area contributed by atoms with E-state index in [1.807, 2.05) is 0 Å². The summed E-state index contributed by atoms with van der Waals surface area (Å²) in [5, 5.41) is 17.2. The SMILES string of the molecule is COc1ccc(Cl)cc1N1C[C@H](C(=O)NCCNc2ccccc2[N+](=O)[O-])CC1=O. The summed E-state index contributed by atoms with van der Waals surface area (Å²) in [7, 11) is 1.50. The van der Waals surface area contributed by atoms with Crippen LogP contribution in [0.25, 0.3) is 0 Å². The van der Waals surface area contributed by atoms with Crippen LogP contribution >= 0.6 is 11.6 Å². The summed E-state index contributed by atoms with van der Waals surface area (Å²) >= 11 is 6.04. The molecule has 30 heavy (non-hydrogen) atoms. The Bertz CT molecular complexity index is 968. The minimum Gasteiger partial charge on any atom is -0.495 e. The minimum absolute atomic E-state index is 0.0312. The van der Waals surface area contributed by atoms with Gasteiger partial charge in [0.15, 0.2) is 0 Å². The number of nitrogens with zero attached hydrogens (tertiary/aromatic N) is 2. The molecule has 2 N–H and O–H groups in total. The number of anilines is 2. The zero-order chi connectivity index (χ0) is 21.7. The molecule has 2 amide bonds. The van der Waals surface area contributed by atoms with Crippen LogP contribution < -0.4 is 20.3 Å². The third-order valence-electron chi connectivity index (χ3n) is 4.77. The fraction of sp³-hybridized carbons (Fsp3) is 0.300. The zero-order valence-electron chi connectivity index (χ0n) is 16.3. The number of benzene rings is 2. The third-order valence-corrected chi connectivity index (χ3v) is 5.00. The summed E-state index contributed by atoms with van der Waals surface area (Å²) < 4.78 is 5.30. The second-order valence-corrected chi connectivity index (χ2v) is 7.15. The van der Waals surface area contributed by atoms with Crippen LogP contribution in [0.2, 0.25) is 5.02 Å². The van der Waals surface area contributed by atoms with Crippen molar-refractivity contribution in [2.75, 3.05) is 37.0 Å². The van der Waals surface area contributed by atoms with Crippen LogP contribution in [0.1, 0.15) is 6.42 Å². The standard InChI is InChI=1S/C20H21ClN4O5/c1-30-18-7-6-14(21)11-17(18)24-12-13(10-19(24)26)20(27)23-9-8-22-15-4-2-3-5-16(15)25(28)29/h2-7,11,13,22H,8-10,12H2,1H3,(H,23,27)/t13-/m1/s1. The highest BCUT2D eigenvalue weighted by atomic mass is 35.5. The lowest BCUT2D eigenvalue weighted by Crippen LogP contribution is -2.35. The Morgan fingerprint density at radius 2 is 2.07 bits per heavy atom. The summed E-state index contributed by atoms with van der Waals surface area (Å²) in [6.45, 7) is 0.790. The summed E-state index contributed by atoms with van der Waals surface area (Å²) in [5.74, 6) is -0.445. The van der Waals surface area contributed by atoms with E-state index in [-0.39, 0.29) is 37.0 Å². The van der Waals surface area contributed by atoms with Crippen molar-refractivity contribution >= 4 is 40.5 Å². The van der Waals surface area contributed by atoms with Crippen molar-refractivity contribution in [2.24, 2.45) is 5.92 Å². The van der Waals surface area contributed by atoms with Gasteiger partial charge >= 0.3 is 0 Å². The van der Waals surface area contributed by atoms with Gasteiger partial charge in [-0.05, 0) is 24.3 Å². The van der Waals surface area contributed by atoms with Gasteiger partial charge in [-0.3, -0.25) is 19.7 Å². The van der Waals surface area contributed by atoms with Crippen molar-refractivity contribution in [3.05, 3.63) is 57.6 Å². The molecule has 0 radical (unpaired) electrons. The summed E-state index contributed by atoms with van der Waals surface area (Å²) in [6, 6.07) is 11.3. The van der Waals surface area contributed by atoms with Gasteiger partial charge in [-0.2, -0.15) is 0 Å². The molecule has 0 unspecified atom stereocenters. The summed E-state index contributed by atoms with van der Waals surface area (Å²) in [4.78, 5) is 37.0. The van der Waals surface area contributed by atoms with E-state index in [2.05, 4.69) is 10.6 Å². The van der Waals surface area contributed by atoms with Crippen molar-refractivity contribution in [1.82, 2.24) is 5.32 Å². The molecule has 2 aromatic rings. The van der Waals surface area contributed by atoms with Crippen LogP contribution in [0, 0.1) is 16.0 Å². The predicted molar refractivity (Wildman–Crippen MR) is 113 cm³/mol. The molecule has 158 valence electrons. The maximum atomic E-state index is 12.5. The number of nitro groups is 1. The number of halogens is 1. The van der Waals surface area contributed by atoms with E-state index in [0.717, 1.165) is 0 Å². The number of methoxy groups -OCH3 is 1. The maximum absolute atomic E-state index is 12.5. The number of para-hydroxylation sites is 2. The predicted octanol–water partition coefficient (Wildman–Crippen LogP) is 2.84. The number of hydrogen-bond acceptors (Lipinski definition) is 6. The molecule has 2 aromatic carbocycles. The molecule has 9 nitrogen and oxygen atoms in total. The van der Waals surface area contributed by atoms with Gasteiger partial charge in [-0.15, -0.1) is 0 Å². The Balaban J connectivity index is 1.54. The lowest BCUT2D eigenvalue weighted by atomic mass is 10.1. The van der Waals surface area contributed by atoms with Gasteiger partial charge in [0.05, 0.1) is 23.6 Å². The number of amides is 2. The molecule has 1 fully saturated rings. The first-order valence-corrected chi connectivity index (χ1v) is 9.67. The molecule has 10 heteroatoms. The number of nitrogens with one attached hydrogen (secondary N) is 2. The molecule has 1 aliphatic heterocycles. The van der Waals surface area contributed by atoms with E-state index in [4.69, 9.17) is 16.3 Å². The zero-order valence-corrected chi connectivity index (χ0v) is 17.0. The van der Waals surface area contributed by atoms with Crippen LogP contribution in [0.5, 0.6) is 5.75 Å². The monoisotopic (exact) mass is 432 g/mol. The Morgan fingerprint density at radius 1 is 1.30 bits per heavy atom. The molecule has 0 spiro atoms. The third kappa shape index (κ3) is 4.80. The van der Waals surface area contributed by atoms with E-state index >= 15 is 0 Å². The number of carbonyl (C=O) groups is 2. The number of rotatable bonds is 8. The lowest BCUT2D eigenvalue weighted by Gasteiger charge is -2.20. The van der Waals surface area contributed by atoms with Crippen LogP contribution in [-0.4, -0.2) is 43.5 Å². The van der Waals surface area contributed by atoms with Crippen molar-refractivity contribution in [3.8, 4) is 5.75 Å². The number of nitro benzene ring substituents is 1. The Labute approximate surface area is 178 Å². The van der Waals surface area contributed by atoms with Crippen molar-refractivity contribution in [2.45, 2.75) is 6.42 Å². The average molecular weight is 433 g/mol. The van der Waals surface area contributed by atoms with E-state index in [1.165, 1.54) is 18.1 Å². The van der Waals surface area contributed by atoms with Gasteiger partial charge < -0.3 is 20.3 Å². The van der Waals surface area contributed by atoms with Crippen LogP contribution in [-0.2, 0) is 9.59 Å². The van der Waals surface area contributed by atoms with Gasteiger partial charge in [0.25, 0.3) is 5.69 Å². The first-order valence-electron chi connectivity index (χ1n) is 9.29. The number of ether oxygens (including phenoxy) is 1. The molecular weight excluding hydrogens is 412 g/mol. The Morgan fingerprint density at radius 3 is 2.80 bits per heavy atom. The number of hydrogen-bond donors (Lipinski definition) is 2. The summed E-state index contributed by atoms with van der Waals surface area (Å²) in [5.41, 5.74) is 0.881. The highest BCUT2D eigenvalue weighted by Gasteiger charge is 2.36. The first-order chi connectivity index (χ1) is 14.4. The second kappa shape index (κ2) is 9.45. The topological polar surface area (TPSA) is 114 Å². The van der Waals surface area contributed by atoms with E-state index in [9.17, 15) is 19.7 Å². The first kappa shape index (κ1) is 21.4. The van der Waals surface area contributed by atoms with Crippen molar-refractivity contribution < 1.29 is 19.2 Å². The summed E-state index contributed by atoms with van der Waals surface area (Å²) in [6.07, 6.45) is 0.0824. The van der Waals surface area contributed by atoms with Gasteiger partial charge in [0.2, 0.25) is 11.8 Å². The van der Waals surface area contributed by atoms with E-state index < -0.39 is 10.8 Å². The molecule has 0 bridgehead atoms. The smallest absolute Gasteiger partial charge is 0.292 e. The largest absolute Gasteiger partial charge is 0.495 e. The minimum atomic E-state index is -0.507. The van der Waals surface area contributed by atoms with Crippen LogP contribution in [0.4, 0.5) is 17.1 Å². The fourth-order valence-corrected chi connectivity index (χ4v) is 3.47. The van der Waals surface area contributed by atoms with E-state index in [1.54, 1.807) is 36.4 Å². The van der Waals surface area contributed by atoms with Gasteiger partial charge in [-0.1, -0.05) is 23.7 Å². The highest BCUT2D eigenvalue weighted by Crippen LogP contribution is 2.35. The van der Waals surface area contributed by atoms with Crippen molar-refractivity contribution in [3.63, 3.8) is 0 Å². The molecule has 0 saturated carbocycles. The van der Waals surface area contributed by atoms with E-state index in [0.29, 0.717) is 28.7 Å². The fourth-order valence-electron chi connectivity index (χ4n) is 3.30. The molecule has 1 saturated heterocycles. The maximum Gasteiger partial charge on any atom is 0.292 e. The molecule has 3 rings (SSSR count). The number of carbonyl (C=O) groups excluding carboxylic acids is 2.